The molecule has 8 nitrogen and oxygen atoms in total. The van der Waals surface area contributed by atoms with Crippen LogP contribution >= 0.6 is 11.8 Å². The SMILES string of the molecule is O=S(=O)(c1cccc(-c2nnc(SCCOc3ccccc3)o2)c1)N1CCOCC1. The summed E-state index contributed by atoms with van der Waals surface area (Å²) in [6.45, 7) is 1.99. The van der Waals surface area contributed by atoms with Gasteiger partial charge in [0.15, 0.2) is 0 Å². The van der Waals surface area contributed by atoms with Crippen molar-refractivity contribution in [3.8, 4) is 17.2 Å². The van der Waals surface area contributed by atoms with Crippen molar-refractivity contribution in [2.75, 3.05) is 38.7 Å². The molecule has 0 bridgehead atoms. The normalized spacial score (nSPS) is 15.2. The van der Waals surface area contributed by atoms with Gasteiger partial charge in [0.05, 0.1) is 24.7 Å². The molecule has 3 aromatic rings. The lowest BCUT2D eigenvalue weighted by Gasteiger charge is -2.26. The van der Waals surface area contributed by atoms with Crippen LogP contribution in [0.3, 0.4) is 0 Å². The third-order valence-electron chi connectivity index (χ3n) is 4.42. The molecule has 1 fully saturated rings. The van der Waals surface area contributed by atoms with E-state index >= 15 is 0 Å². The van der Waals surface area contributed by atoms with Gasteiger partial charge in [-0.2, -0.15) is 4.31 Å². The Morgan fingerprint density at radius 2 is 1.83 bits per heavy atom. The van der Waals surface area contributed by atoms with Crippen LogP contribution in [0, 0.1) is 0 Å². The van der Waals surface area contributed by atoms with Gasteiger partial charge in [0.1, 0.15) is 5.75 Å². The van der Waals surface area contributed by atoms with Gasteiger partial charge in [-0.1, -0.05) is 36.0 Å². The summed E-state index contributed by atoms with van der Waals surface area (Å²) in [5.41, 5.74) is 0.559. The summed E-state index contributed by atoms with van der Waals surface area (Å²) in [5, 5.41) is 8.49. The molecule has 1 aliphatic rings. The number of ether oxygens (including phenoxy) is 2. The zero-order valence-electron chi connectivity index (χ0n) is 16.1. The molecule has 0 atom stereocenters. The highest BCUT2D eigenvalue weighted by Crippen LogP contribution is 2.26. The van der Waals surface area contributed by atoms with E-state index in [0.717, 1.165) is 5.75 Å². The lowest BCUT2D eigenvalue weighted by atomic mass is 10.2. The van der Waals surface area contributed by atoms with Crippen LogP contribution in [0.4, 0.5) is 0 Å². The minimum absolute atomic E-state index is 0.200. The molecule has 0 radical (unpaired) electrons. The van der Waals surface area contributed by atoms with Crippen molar-refractivity contribution in [3.63, 3.8) is 0 Å². The lowest BCUT2D eigenvalue weighted by Crippen LogP contribution is -2.40. The van der Waals surface area contributed by atoms with Crippen molar-refractivity contribution in [3.05, 3.63) is 54.6 Å². The Bertz CT molecular complexity index is 1070. The van der Waals surface area contributed by atoms with Gasteiger partial charge in [0.2, 0.25) is 15.9 Å². The Kier molecular flexibility index (Phi) is 6.68. The topological polar surface area (TPSA) is 94.8 Å². The Morgan fingerprint density at radius 1 is 1.03 bits per heavy atom. The van der Waals surface area contributed by atoms with Crippen LogP contribution in [0.25, 0.3) is 11.5 Å². The van der Waals surface area contributed by atoms with Gasteiger partial charge in [-0.15, -0.1) is 10.2 Å². The summed E-state index contributed by atoms with van der Waals surface area (Å²) in [5.74, 6) is 1.73. The molecule has 2 aromatic carbocycles. The average molecular weight is 448 g/mol. The number of para-hydroxylation sites is 1. The fourth-order valence-corrected chi connectivity index (χ4v) is 4.95. The summed E-state index contributed by atoms with van der Waals surface area (Å²) < 4.78 is 43.7. The second-order valence-electron chi connectivity index (χ2n) is 6.43. The molecule has 0 aliphatic carbocycles. The minimum atomic E-state index is -3.59. The molecule has 10 heteroatoms. The van der Waals surface area contributed by atoms with E-state index in [4.69, 9.17) is 13.9 Å². The predicted molar refractivity (Wildman–Crippen MR) is 112 cm³/mol. The van der Waals surface area contributed by atoms with E-state index in [2.05, 4.69) is 10.2 Å². The van der Waals surface area contributed by atoms with Gasteiger partial charge >= 0.3 is 0 Å². The monoisotopic (exact) mass is 447 g/mol. The Balaban J connectivity index is 1.39. The van der Waals surface area contributed by atoms with Gasteiger partial charge in [-0.25, -0.2) is 8.42 Å². The zero-order valence-corrected chi connectivity index (χ0v) is 17.8. The van der Waals surface area contributed by atoms with Crippen molar-refractivity contribution in [2.45, 2.75) is 10.1 Å². The second kappa shape index (κ2) is 9.61. The molecule has 30 heavy (non-hydrogen) atoms. The highest BCUT2D eigenvalue weighted by Gasteiger charge is 2.26. The molecular weight excluding hydrogens is 426 g/mol. The van der Waals surface area contributed by atoms with Gasteiger partial charge in [0.25, 0.3) is 5.22 Å². The highest BCUT2D eigenvalue weighted by atomic mass is 32.2. The maximum absolute atomic E-state index is 12.9. The molecular formula is C20H21N3O5S2. The molecule has 1 saturated heterocycles. The van der Waals surface area contributed by atoms with E-state index in [1.807, 2.05) is 30.3 Å². The van der Waals surface area contributed by atoms with E-state index in [1.54, 1.807) is 24.3 Å². The fourth-order valence-electron chi connectivity index (χ4n) is 2.92. The molecule has 1 aliphatic heterocycles. The number of morpholine rings is 1. The summed E-state index contributed by atoms with van der Waals surface area (Å²) in [4.78, 5) is 0.200. The highest BCUT2D eigenvalue weighted by molar-refractivity contribution is 7.99. The van der Waals surface area contributed by atoms with Gasteiger partial charge < -0.3 is 13.9 Å². The third-order valence-corrected chi connectivity index (χ3v) is 7.09. The first-order chi connectivity index (χ1) is 14.6. The number of nitrogens with zero attached hydrogens (tertiary/aromatic N) is 3. The van der Waals surface area contributed by atoms with Gasteiger partial charge in [-0.05, 0) is 30.3 Å². The van der Waals surface area contributed by atoms with Crippen LogP contribution in [-0.4, -0.2) is 61.6 Å². The number of benzene rings is 2. The first kappa shape index (κ1) is 20.9. The zero-order chi connectivity index (χ0) is 20.8. The van der Waals surface area contributed by atoms with Crippen LogP contribution in [0.2, 0.25) is 0 Å². The number of sulfonamides is 1. The van der Waals surface area contributed by atoms with Crippen LogP contribution in [0.1, 0.15) is 0 Å². The van der Waals surface area contributed by atoms with Crippen molar-refractivity contribution < 1.29 is 22.3 Å². The maximum atomic E-state index is 12.9. The first-order valence-corrected chi connectivity index (χ1v) is 11.9. The number of hydrogen-bond acceptors (Lipinski definition) is 8. The van der Waals surface area contributed by atoms with E-state index in [1.165, 1.54) is 16.1 Å². The fraction of sp³-hybridized carbons (Fsp3) is 0.300. The number of hydrogen-bond donors (Lipinski definition) is 0. The smallest absolute Gasteiger partial charge is 0.276 e. The number of thioether (sulfide) groups is 1. The molecule has 0 N–H and O–H groups in total. The summed E-state index contributed by atoms with van der Waals surface area (Å²) in [6.07, 6.45) is 0. The summed E-state index contributed by atoms with van der Waals surface area (Å²) in [7, 11) is -3.59. The van der Waals surface area contributed by atoms with Crippen LogP contribution in [0.5, 0.6) is 5.75 Å². The van der Waals surface area contributed by atoms with Crippen LogP contribution < -0.4 is 4.74 Å². The van der Waals surface area contributed by atoms with Crippen LogP contribution in [0.15, 0.2) is 69.1 Å². The van der Waals surface area contributed by atoms with Crippen LogP contribution in [-0.2, 0) is 14.8 Å². The Hall–Kier alpha value is -2.40. The van der Waals surface area contributed by atoms with E-state index in [0.29, 0.717) is 49.4 Å². The summed E-state index contributed by atoms with van der Waals surface area (Å²) >= 11 is 1.38. The van der Waals surface area contributed by atoms with Gasteiger partial charge in [-0.3, -0.25) is 0 Å². The van der Waals surface area contributed by atoms with E-state index < -0.39 is 10.0 Å². The average Bonchev–Trinajstić information content (AvgIpc) is 3.27. The standard InChI is InChI=1S/C20H21N3O5S2/c24-30(25,23-9-11-26-12-10-23)18-8-4-5-16(15-18)19-21-22-20(28-19)29-14-13-27-17-6-2-1-3-7-17/h1-8,15H,9-14H2. The molecule has 0 unspecified atom stereocenters. The number of rotatable bonds is 8. The Morgan fingerprint density at radius 3 is 2.63 bits per heavy atom. The van der Waals surface area contributed by atoms with Crippen molar-refractivity contribution in [1.82, 2.24) is 14.5 Å². The van der Waals surface area contributed by atoms with Gasteiger partial charge in [0, 0.05) is 24.4 Å². The first-order valence-electron chi connectivity index (χ1n) is 9.45. The summed E-state index contributed by atoms with van der Waals surface area (Å²) in [6, 6.07) is 16.1. The van der Waals surface area contributed by atoms with Crippen molar-refractivity contribution >= 4 is 21.8 Å². The lowest BCUT2D eigenvalue weighted by molar-refractivity contribution is 0.0730. The molecule has 158 valence electrons. The maximum Gasteiger partial charge on any atom is 0.276 e. The van der Waals surface area contributed by atoms with E-state index in [-0.39, 0.29) is 10.8 Å². The van der Waals surface area contributed by atoms with E-state index in [9.17, 15) is 8.42 Å². The third kappa shape index (κ3) is 5.01. The quantitative estimate of drug-likeness (QED) is 0.384. The largest absolute Gasteiger partial charge is 0.493 e. The number of aromatic nitrogens is 2. The second-order valence-corrected chi connectivity index (χ2v) is 9.41. The van der Waals surface area contributed by atoms with Crippen molar-refractivity contribution in [2.24, 2.45) is 0 Å². The molecule has 0 amide bonds. The molecule has 0 spiro atoms. The van der Waals surface area contributed by atoms with Crippen molar-refractivity contribution in [1.29, 1.82) is 0 Å². The molecule has 2 heterocycles. The Labute approximate surface area is 179 Å². The molecule has 4 rings (SSSR count). The predicted octanol–water partition coefficient (Wildman–Crippen LogP) is 2.93. The minimum Gasteiger partial charge on any atom is -0.493 e. The molecule has 1 aromatic heterocycles. The molecule has 0 saturated carbocycles.